The van der Waals surface area contributed by atoms with E-state index in [1.54, 1.807) is 13.0 Å². The molecule has 0 bridgehead atoms. The zero-order valence-corrected chi connectivity index (χ0v) is 17.2. The first kappa shape index (κ1) is 20.1. The third kappa shape index (κ3) is 3.55. The molecule has 10 heteroatoms. The van der Waals surface area contributed by atoms with Crippen molar-refractivity contribution < 1.29 is 14.3 Å². The topological polar surface area (TPSA) is 99.0 Å². The number of anilines is 1. The van der Waals surface area contributed by atoms with E-state index in [1.807, 2.05) is 30.3 Å². The number of benzene rings is 2. The standard InChI is InChI=1S/C20H15Cl2N5O3/c1-2-30-19(29)16-15(18(28)13-9-8-12(21)10-14(13)22)17(11-6-4-3-5-7-11)27-20(23-16)24-25-26-27/h3-10,17H,2H2,1H3,(H,23,24,26)/t17-/m1/s1. The van der Waals surface area contributed by atoms with E-state index in [9.17, 15) is 9.59 Å². The maximum atomic E-state index is 13.7. The maximum Gasteiger partial charge on any atom is 0.355 e. The molecule has 0 saturated heterocycles. The zero-order valence-electron chi connectivity index (χ0n) is 15.7. The molecule has 0 unspecified atom stereocenters. The summed E-state index contributed by atoms with van der Waals surface area (Å²) in [4.78, 5) is 26.4. The van der Waals surface area contributed by atoms with Crippen LogP contribution in [0.5, 0.6) is 0 Å². The predicted octanol–water partition coefficient (Wildman–Crippen LogP) is 3.69. The summed E-state index contributed by atoms with van der Waals surface area (Å²) in [6.45, 7) is 1.81. The van der Waals surface area contributed by atoms with Crippen LogP contribution in [-0.2, 0) is 9.53 Å². The Morgan fingerprint density at radius 3 is 2.63 bits per heavy atom. The number of rotatable bonds is 5. The van der Waals surface area contributed by atoms with Crippen LogP contribution in [0, 0.1) is 0 Å². The molecule has 1 aliphatic rings. The van der Waals surface area contributed by atoms with Crippen molar-refractivity contribution in [2.45, 2.75) is 13.0 Å². The number of ketones is 1. The molecule has 1 aliphatic heterocycles. The van der Waals surface area contributed by atoms with Crippen molar-refractivity contribution in [2.75, 3.05) is 11.9 Å². The van der Waals surface area contributed by atoms with E-state index < -0.39 is 17.8 Å². The van der Waals surface area contributed by atoms with Crippen molar-refractivity contribution in [2.24, 2.45) is 0 Å². The van der Waals surface area contributed by atoms with Crippen LogP contribution in [0.2, 0.25) is 10.0 Å². The number of ether oxygens (including phenoxy) is 1. The number of hydrogen-bond donors (Lipinski definition) is 1. The van der Waals surface area contributed by atoms with Crippen molar-refractivity contribution in [3.05, 3.63) is 81.0 Å². The van der Waals surface area contributed by atoms with Crippen LogP contribution in [0.25, 0.3) is 0 Å². The molecule has 0 spiro atoms. The normalized spacial score (nSPS) is 15.4. The SMILES string of the molecule is CCOC(=O)C1=C(C(=O)c2ccc(Cl)cc2Cl)[C@@H](c2ccccc2)n2nnnc2N1. The summed E-state index contributed by atoms with van der Waals surface area (Å²) < 4.78 is 6.62. The Morgan fingerprint density at radius 2 is 1.93 bits per heavy atom. The summed E-state index contributed by atoms with van der Waals surface area (Å²) in [7, 11) is 0. The number of halogens is 2. The number of nitrogens with one attached hydrogen (secondary N) is 1. The van der Waals surface area contributed by atoms with Gasteiger partial charge in [0.1, 0.15) is 11.7 Å². The van der Waals surface area contributed by atoms with Gasteiger partial charge in [0.05, 0.1) is 17.2 Å². The van der Waals surface area contributed by atoms with E-state index in [1.165, 1.54) is 16.8 Å². The molecule has 0 fully saturated rings. The minimum atomic E-state index is -0.767. The monoisotopic (exact) mass is 443 g/mol. The van der Waals surface area contributed by atoms with Gasteiger partial charge in [0.25, 0.3) is 0 Å². The second-order valence-corrected chi connectivity index (χ2v) is 7.19. The van der Waals surface area contributed by atoms with E-state index in [0.29, 0.717) is 10.6 Å². The largest absolute Gasteiger partial charge is 0.461 e. The molecule has 4 rings (SSSR count). The van der Waals surface area contributed by atoms with Gasteiger partial charge < -0.3 is 10.1 Å². The highest BCUT2D eigenvalue weighted by Crippen LogP contribution is 2.37. The summed E-state index contributed by atoms with van der Waals surface area (Å²) in [6, 6.07) is 12.9. The van der Waals surface area contributed by atoms with Crippen molar-refractivity contribution in [1.82, 2.24) is 20.2 Å². The van der Waals surface area contributed by atoms with Crippen LogP contribution in [0.1, 0.15) is 28.9 Å². The highest BCUT2D eigenvalue weighted by atomic mass is 35.5. The molecule has 0 saturated carbocycles. The van der Waals surface area contributed by atoms with Gasteiger partial charge in [-0.1, -0.05) is 58.6 Å². The van der Waals surface area contributed by atoms with E-state index in [0.717, 1.165) is 0 Å². The highest BCUT2D eigenvalue weighted by Gasteiger charge is 2.39. The van der Waals surface area contributed by atoms with Gasteiger partial charge in [0.2, 0.25) is 5.95 Å². The molecule has 3 aromatic rings. The molecule has 1 atom stereocenters. The van der Waals surface area contributed by atoms with Crippen LogP contribution < -0.4 is 5.32 Å². The fraction of sp³-hybridized carbons (Fsp3) is 0.150. The highest BCUT2D eigenvalue weighted by molar-refractivity contribution is 6.37. The van der Waals surface area contributed by atoms with Gasteiger partial charge in [0.15, 0.2) is 5.78 Å². The van der Waals surface area contributed by atoms with Crippen LogP contribution in [0.4, 0.5) is 5.95 Å². The zero-order chi connectivity index (χ0) is 21.3. The molecular weight excluding hydrogens is 429 g/mol. The summed E-state index contributed by atoms with van der Waals surface area (Å²) in [5, 5.41) is 15.0. The third-order valence-corrected chi connectivity index (χ3v) is 5.08. The average molecular weight is 444 g/mol. The molecule has 30 heavy (non-hydrogen) atoms. The number of aromatic nitrogens is 4. The molecule has 1 aromatic heterocycles. The van der Waals surface area contributed by atoms with Gasteiger partial charge in [-0.15, -0.1) is 0 Å². The number of esters is 1. The van der Waals surface area contributed by atoms with Crippen LogP contribution in [0.15, 0.2) is 59.8 Å². The van der Waals surface area contributed by atoms with Gasteiger partial charge in [-0.25, -0.2) is 4.79 Å². The summed E-state index contributed by atoms with van der Waals surface area (Å²) in [6.07, 6.45) is 0. The van der Waals surface area contributed by atoms with Crippen LogP contribution in [0.3, 0.4) is 0 Å². The fourth-order valence-corrected chi connectivity index (χ4v) is 3.75. The smallest absolute Gasteiger partial charge is 0.355 e. The predicted molar refractivity (Wildman–Crippen MR) is 110 cm³/mol. The minimum absolute atomic E-state index is 0.0379. The molecule has 0 radical (unpaired) electrons. The Balaban J connectivity index is 1.95. The molecule has 2 aromatic carbocycles. The number of allylic oxidation sites excluding steroid dienone is 1. The van der Waals surface area contributed by atoms with E-state index >= 15 is 0 Å². The second-order valence-electron chi connectivity index (χ2n) is 6.35. The lowest BCUT2D eigenvalue weighted by molar-refractivity contribution is -0.138. The lowest BCUT2D eigenvalue weighted by atomic mass is 9.89. The lowest BCUT2D eigenvalue weighted by Gasteiger charge is -2.28. The first-order chi connectivity index (χ1) is 14.5. The Morgan fingerprint density at radius 1 is 1.17 bits per heavy atom. The number of hydrogen-bond acceptors (Lipinski definition) is 7. The molecular formula is C20H15Cl2N5O3. The van der Waals surface area contributed by atoms with Crippen molar-refractivity contribution in [1.29, 1.82) is 0 Å². The van der Waals surface area contributed by atoms with Gasteiger partial charge in [0, 0.05) is 10.6 Å². The molecule has 152 valence electrons. The minimum Gasteiger partial charge on any atom is -0.461 e. The Kier molecular flexibility index (Phi) is 5.52. The number of fused-ring (bicyclic) bond motifs is 1. The van der Waals surface area contributed by atoms with E-state index in [4.69, 9.17) is 27.9 Å². The van der Waals surface area contributed by atoms with Crippen molar-refractivity contribution >= 4 is 40.9 Å². The van der Waals surface area contributed by atoms with Crippen molar-refractivity contribution in [3.8, 4) is 0 Å². The first-order valence-corrected chi connectivity index (χ1v) is 9.77. The second kappa shape index (κ2) is 8.25. The third-order valence-electron chi connectivity index (χ3n) is 4.53. The number of tetrazole rings is 1. The number of carbonyl (C=O) groups is 2. The molecule has 0 amide bonds. The molecule has 1 N–H and O–H groups in total. The Hall–Kier alpha value is -3.23. The van der Waals surface area contributed by atoms with E-state index in [2.05, 4.69) is 20.8 Å². The molecule has 2 heterocycles. The van der Waals surface area contributed by atoms with Gasteiger partial charge in [-0.05, 0) is 41.1 Å². The maximum absolute atomic E-state index is 13.7. The number of carbonyl (C=O) groups excluding carboxylic acids is 2. The van der Waals surface area contributed by atoms with Crippen LogP contribution in [-0.4, -0.2) is 38.6 Å². The molecule has 0 aliphatic carbocycles. The lowest BCUT2D eigenvalue weighted by Crippen LogP contribution is -2.33. The average Bonchev–Trinajstić information content (AvgIpc) is 3.21. The summed E-state index contributed by atoms with van der Waals surface area (Å²) in [5.41, 5.74) is 0.979. The van der Waals surface area contributed by atoms with Crippen molar-refractivity contribution in [3.63, 3.8) is 0 Å². The van der Waals surface area contributed by atoms with Crippen LogP contribution >= 0.6 is 23.2 Å². The fourth-order valence-electron chi connectivity index (χ4n) is 3.25. The van der Waals surface area contributed by atoms with E-state index in [-0.39, 0.29) is 34.4 Å². The Bertz CT molecular complexity index is 1160. The quantitative estimate of drug-likeness (QED) is 0.473. The van der Waals surface area contributed by atoms with Gasteiger partial charge in [-0.2, -0.15) is 4.68 Å². The first-order valence-electron chi connectivity index (χ1n) is 9.02. The summed E-state index contributed by atoms with van der Waals surface area (Å²) >= 11 is 12.3. The Labute approximate surface area is 181 Å². The van der Waals surface area contributed by atoms with Gasteiger partial charge in [-0.3, -0.25) is 4.79 Å². The summed E-state index contributed by atoms with van der Waals surface area (Å²) in [5.74, 6) is -0.950. The molecule has 8 nitrogen and oxygen atoms in total. The number of nitrogens with zero attached hydrogens (tertiary/aromatic N) is 4. The van der Waals surface area contributed by atoms with Gasteiger partial charge >= 0.3 is 5.97 Å². The number of Topliss-reactive ketones (excluding diaryl/α,β-unsaturated/α-hetero) is 1.